The van der Waals surface area contributed by atoms with Crippen LogP contribution in [0.15, 0.2) is 36.5 Å². The van der Waals surface area contributed by atoms with Crippen molar-refractivity contribution in [2.45, 2.75) is 25.9 Å². The number of likely N-dealkylation sites (N-methyl/N-ethyl adjacent to an activating group) is 1. The summed E-state index contributed by atoms with van der Waals surface area (Å²) in [6, 6.07) is 9.86. The smallest absolute Gasteiger partial charge is 0.228 e. The van der Waals surface area contributed by atoms with Crippen molar-refractivity contribution in [3.63, 3.8) is 0 Å². The Hall–Kier alpha value is -2.34. The summed E-state index contributed by atoms with van der Waals surface area (Å²) in [4.78, 5) is 14.7. The van der Waals surface area contributed by atoms with Crippen LogP contribution in [0.25, 0.3) is 0 Å². The monoisotopic (exact) mass is 357 g/mol. The van der Waals surface area contributed by atoms with Crippen LogP contribution >= 0.6 is 0 Å². The molecule has 1 aliphatic rings. The molecule has 3 rings (SSSR count). The molecular formula is C20H27N3O3. The lowest BCUT2D eigenvalue weighted by atomic mass is 9.91. The molecule has 1 aromatic carbocycles. The highest BCUT2D eigenvalue weighted by atomic mass is 16.5. The number of amides is 1. The normalized spacial score (nSPS) is 20.0. The van der Waals surface area contributed by atoms with Gasteiger partial charge in [-0.15, -0.1) is 0 Å². The van der Waals surface area contributed by atoms with Gasteiger partial charge in [0.15, 0.2) is 0 Å². The van der Waals surface area contributed by atoms with Crippen LogP contribution in [-0.4, -0.2) is 47.4 Å². The molecule has 0 N–H and O–H groups in total. The fourth-order valence-corrected chi connectivity index (χ4v) is 3.39. The van der Waals surface area contributed by atoms with E-state index in [-0.39, 0.29) is 17.9 Å². The van der Waals surface area contributed by atoms with Crippen LogP contribution in [-0.2, 0) is 16.6 Å². The Balaban J connectivity index is 1.58. The maximum Gasteiger partial charge on any atom is 0.228 e. The van der Waals surface area contributed by atoms with Crippen LogP contribution in [0.1, 0.15) is 30.2 Å². The third-order valence-corrected chi connectivity index (χ3v) is 4.85. The minimum absolute atomic E-state index is 0.101. The molecule has 140 valence electrons. The van der Waals surface area contributed by atoms with E-state index >= 15 is 0 Å². The topological polar surface area (TPSA) is 56.6 Å². The van der Waals surface area contributed by atoms with Crippen LogP contribution in [0.2, 0.25) is 0 Å². The Morgan fingerprint density at radius 3 is 3.00 bits per heavy atom. The van der Waals surface area contributed by atoms with Crippen molar-refractivity contribution in [1.82, 2.24) is 14.7 Å². The Labute approximate surface area is 154 Å². The predicted molar refractivity (Wildman–Crippen MR) is 98.9 cm³/mol. The van der Waals surface area contributed by atoms with Crippen molar-refractivity contribution in [2.24, 2.45) is 13.0 Å². The van der Waals surface area contributed by atoms with Crippen molar-refractivity contribution in [3.8, 4) is 5.75 Å². The van der Waals surface area contributed by atoms with Gasteiger partial charge >= 0.3 is 0 Å². The predicted octanol–water partition coefficient (Wildman–Crippen LogP) is 2.73. The molecule has 1 aromatic heterocycles. The van der Waals surface area contributed by atoms with Crippen LogP contribution in [0, 0.1) is 12.8 Å². The first-order valence-electron chi connectivity index (χ1n) is 9.10. The van der Waals surface area contributed by atoms with Gasteiger partial charge in [0, 0.05) is 26.9 Å². The summed E-state index contributed by atoms with van der Waals surface area (Å²) in [5, 5.41) is 4.21. The van der Waals surface area contributed by atoms with Gasteiger partial charge in [-0.2, -0.15) is 5.10 Å². The van der Waals surface area contributed by atoms with Gasteiger partial charge in [0.1, 0.15) is 18.5 Å². The van der Waals surface area contributed by atoms with Crippen molar-refractivity contribution in [2.75, 3.05) is 26.8 Å². The van der Waals surface area contributed by atoms with E-state index in [2.05, 4.69) is 5.10 Å². The minimum atomic E-state index is -0.233. The van der Waals surface area contributed by atoms with E-state index in [9.17, 15) is 4.79 Å². The third kappa shape index (κ3) is 4.25. The number of hydrogen-bond donors (Lipinski definition) is 0. The first-order chi connectivity index (χ1) is 12.6. The molecule has 1 amide bonds. The lowest BCUT2D eigenvalue weighted by Crippen LogP contribution is -2.40. The first-order valence-corrected chi connectivity index (χ1v) is 9.10. The van der Waals surface area contributed by atoms with E-state index in [1.807, 2.05) is 51.4 Å². The zero-order valence-electron chi connectivity index (χ0n) is 15.7. The van der Waals surface area contributed by atoms with E-state index in [0.717, 1.165) is 29.8 Å². The molecule has 1 aliphatic heterocycles. The first kappa shape index (κ1) is 18.5. The second-order valence-electron chi connectivity index (χ2n) is 6.84. The molecule has 2 atom stereocenters. The van der Waals surface area contributed by atoms with Gasteiger partial charge in [0.05, 0.1) is 18.2 Å². The Kier molecular flexibility index (Phi) is 5.93. The van der Waals surface area contributed by atoms with Gasteiger partial charge in [0.25, 0.3) is 0 Å². The molecule has 2 aromatic rings. The summed E-state index contributed by atoms with van der Waals surface area (Å²) in [5.74, 6) is 0.756. The molecule has 0 spiro atoms. The molecule has 0 unspecified atom stereocenters. The number of carbonyl (C=O) groups is 1. The standard InChI is InChI=1S/C20H27N3O3/c1-15-6-4-7-16(14-15)25-13-11-22(2)20(24)17-8-5-12-26-19(17)18-9-10-21-23(18)3/h4,6-7,9-10,14,17,19H,5,8,11-13H2,1-3H3/t17-,19-/m1/s1. The summed E-state index contributed by atoms with van der Waals surface area (Å²) in [6.45, 7) is 3.72. The van der Waals surface area contributed by atoms with Crippen molar-refractivity contribution in [1.29, 1.82) is 0 Å². The van der Waals surface area contributed by atoms with Gasteiger partial charge in [-0.3, -0.25) is 9.48 Å². The molecule has 0 radical (unpaired) electrons. The number of nitrogens with zero attached hydrogens (tertiary/aromatic N) is 3. The van der Waals surface area contributed by atoms with Gasteiger partial charge in [-0.1, -0.05) is 12.1 Å². The quantitative estimate of drug-likeness (QED) is 0.798. The van der Waals surface area contributed by atoms with E-state index in [1.54, 1.807) is 15.8 Å². The van der Waals surface area contributed by atoms with Gasteiger partial charge < -0.3 is 14.4 Å². The zero-order valence-corrected chi connectivity index (χ0v) is 15.7. The molecule has 6 heteroatoms. The third-order valence-electron chi connectivity index (χ3n) is 4.85. The SMILES string of the molecule is Cc1cccc(OCCN(C)C(=O)[C@@H]2CCCO[C@H]2c2ccnn2C)c1. The second-order valence-corrected chi connectivity index (χ2v) is 6.84. The maximum absolute atomic E-state index is 13.0. The number of aromatic nitrogens is 2. The van der Waals surface area contributed by atoms with E-state index in [1.165, 1.54) is 0 Å². The molecule has 26 heavy (non-hydrogen) atoms. The van der Waals surface area contributed by atoms with Gasteiger partial charge in [-0.25, -0.2) is 0 Å². The number of rotatable bonds is 6. The lowest BCUT2D eigenvalue weighted by molar-refractivity contribution is -0.144. The van der Waals surface area contributed by atoms with Crippen LogP contribution in [0.3, 0.4) is 0 Å². The zero-order chi connectivity index (χ0) is 18.5. The van der Waals surface area contributed by atoms with Crippen LogP contribution in [0.4, 0.5) is 0 Å². The molecule has 1 saturated heterocycles. The summed E-state index contributed by atoms with van der Waals surface area (Å²) < 4.78 is 13.5. The average molecular weight is 357 g/mol. The van der Waals surface area contributed by atoms with Crippen LogP contribution < -0.4 is 4.74 Å². The number of hydrogen-bond acceptors (Lipinski definition) is 4. The van der Waals surface area contributed by atoms with Gasteiger partial charge in [0.2, 0.25) is 5.91 Å². The van der Waals surface area contributed by atoms with Gasteiger partial charge in [-0.05, 0) is 43.5 Å². The number of ether oxygens (including phenoxy) is 2. The Bertz CT molecular complexity index is 743. The number of benzene rings is 1. The van der Waals surface area contributed by atoms with E-state index in [0.29, 0.717) is 19.8 Å². The molecule has 1 fully saturated rings. The molecule has 6 nitrogen and oxygen atoms in total. The summed E-state index contributed by atoms with van der Waals surface area (Å²) in [7, 11) is 3.71. The highest BCUT2D eigenvalue weighted by molar-refractivity contribution is 5.79. The largest absolute Gasteiger partial charge is 0.492 e. The Morgan fingerprint density at radius 2 is 2.27 bits per heavy atom. The second kappa shape index (κ2) is 8.36. The lowest BCUT2D eigenvalue weighted by Gasteiger charge is -2.33. The van der Waals surface area contributed by atoms with Crippen molar-refractivity contribution < 1.29 is 14.3 Å². The highest BCUT2D eigenvalue weighted by Crippen LogP contribution is 2.34. The molecule has 2 heterocycles. The summed E-state index contributed by atoms with van der Waals surface area (Å²) in [5.41, 5.74) is 2.11. The van der Waals surface area contributed by atoms with Crippen LogP contribution in [0.5, 0.6) is 5.75 Å². The summed E-state index contributed by atoms with van der Waals surface area (Å²) in [6.07, 6.45) is 3.24. The molecule has 0 aliphatic carbocycles. The molecule has 0 bridgehead atoms. The minimum Gasteiger partial charge on any atom is -0.492 e. The Morgan fingerprint density at radius 1 is 1.42 bits per heavy atom. The average Bonchev–Trinajstić information content (AvgIpc) is 3.07. The number of aryl methyl sites for hydroxylation is 2. The molecule has 0 saturated carbocycles. The van der Waals surface area contributed by atoms with Crippen molar-refractivity contribution in [3.05, 3.63) is 47.8 Å². The van der Waals surface area contributed by atoms with Crippen molar-refractivity contribution >= 4 is 5.91 Å². The maximum atomic E-state index is 13.0. The van der Waals surface area contributed by atoms with E-state index in [4.69, 9.17) is 9.47 Å². The van der Waals surface area contributed by atoms with E-state index < -0.39 is 0 Å². The summed E-state index contributed by atoms with van der Waals surface area (Å²) >= 11 is 0. The highest BCUT2D eigenvalue weighted by Gasteiger charge is 2.36. The fraction of sp³-hybridized carbons (Fsp3) is 0.500. The molecular weight excluding hydrogens is 330 g/mol. The number of carbonyl (C=O) groups excluding carboxylic acids is 1. The fourth-order valence-electron chi connectivity index (χ4n) is 3.39.